The summed E-state index contributed by atoms with van der Waals surface area (Å²) in [5, 5.41) is 40.5. The molecule has 6 heteroatoms. The molecule has 1 aliphatic rings. The number of aromatic hydroxyl groups is 2. The largest absolute Gasteiger partial charge is 0.507 e. The number of phenols is 2. The lowest BCUT2D eigenvalue weighted by molar-refractivity contribution is 0.303. The van der Waals surface area contributed by atoms with Crippen molar-refractivity contribution >= 4 is 88.4 Å². The normalized spacial score (nSPS) is 13.3. The van der Waals surface area contributed by atoms with Crippen LogP contribution in [0.4, 0.5) is 11.4 Å². The third kappa shape index (κ3) is 10.2. The number of rotatable bonds is 12. The maximum absolute atomic E-state index is 13.0. The van der Waals surface area contributed by atoms with Crippen molar-refractivity contribution in [2.75, 3.05) is 13.2 Å². The molecule has 12 aromatic rings. The number of phenolic OH excluding ortho intramolecular Hbond substituents is 2. The number of unbranched alkanes of at least 4 members (excludes halogenated alkanes) is 2. The fourth-order valence-electron chi connectivity index (χ4n) is 12.9. The molecule has 0 amide bonds. The maximum Gasteiger partial charge on any atom is 0.126 e. The van der Waals surface area contributed by atoms with Gasteiger partial charge in [0.15, 0.2) is 0 Å². The van der Waals surface area contributed by atoms with Gasteiger partial charge in [0.2, 0.25) is 0 Å². The second-order valence-electron chi connectivity index (χ2n) is 25.6. The van der Waals surface area contributed by atoms with E-state index in [2.05, 4.69) is 213 Å². The molecule has 8 bridgehead atoms. The topological polar surface area (TPSA) is 83.6 Å². The van der Waals surface area contributed by atoms with Crippen LogP contribution < -0.4 is 9.47 Å². The number of benzene rings is 12. The summed E-state index contributed by atoms with van der Waals surface area (Å²) in [6, 6.07) is 56.9. The standard InChI is InChI=1S/C78H74N2O4/c1-9-11-31-83-75-59-33-55-41-65(79-45-53-25-23-51-21-19-47-15-13-17-49-27-29-67(53)71(51)69(47)49)43-57(73(55)81)35-61-39-64(78(6,7)8)40-62(76(61)84-32-12-10-2)36-58-44-66(42-56(74(58)82)34-60(75)38-63(37-59)77(3,4)5)80-46-54-26-24-52-22-20-48-16-14-18-50-28-30-68(54)72(52)70(48)50/h13-30,37-46,81-82H,9-12,31-36H2,1-8H3. The van der Waals surface area contributed by atoms with Crippen molar-refractivity contribution in [3.63, 3.8) is 0 Å². The molecule has 0 unspecified atom stereocenters. The van der Waals surface area contributed by atoms with Crippen molar-refractivity contribution in [1.82, 2.24) is 0 Å². The van der Waals surface area contributed by atoms with Gasteiger partial charge in [0.05, 0.1) is 24.6 Å². The average Bonchev–Trinajstić information content (AvgIpc) is 1.55. The molecule has 6 nitrogen and oxygen atoms in total. The van der Waals surface area contributed by atoms with Gasteiger partial charge in [-0.2, -0.15) is 0 Å². The molecule has 0 saturated heterocycles. The second-order valence-corrected chi connectivity index (χ2v) is 25.6. The Hall–Kier alpha value is -8.74. The van der Waals surface area contributed by atoms with Crippen LogP contribution in [0.2, 0.25) is 0 Å². The van der Waals surface area contributed by atoms with E-state index in [-0.39, 0.29) is 22.3 Å². The zero-order chi connectivity index (χ0) is 58.0. The Morgan fingerprint density at radius 3 is 1.02 bits per heavy atom. The van der Waals surface area contributed by atoms with Crippen LogP contribution in [-0.4, -0.2) is 35.9 Å². The van der Waals surface area contributed by atoms with Crippen LogP contribution in [0, 0.1) is 0 Å². The van der Waals surface area contributed by atoms with Gasteiger partial charge in [-0.15, -0.1) is 0 Å². The van der Waals surface area contributed by atoms with Gasteiger partial charge in [-0.05, 0) is 146 Å². The maximum atomic E-state index is 13.0. The smallest absolute Gasteiger partial charge is 0.126 e. The van der Waals surface area contributed by atoms with E-state index < -0.39 is 0 Å². The summed E-state index contributed by atoms with van der Waals surface area (Å²) in [5.74, 6) is 2.04. The molecule has 1 aliphatic carbocycles. The third-order valence-corrected chi connectivity index (χ3v) is 17.6. The monoisotopic (exact) mass is 1100 g/mol. The van der Waals surface area contributed by atoms with E-state index in [0.29, 0.717) is 38.9 Å². The van der Waals surface area contributed by atoms with E-state index in [4.69, 9.17) is 19.5 Å². The van der Waals surface area contributed by atoms with Gasteiger partial charge in [0.25, 0.3) is 0 Å². The van der Waals surface area contributed by atoms with Crippen LogP contribution in [0.15, 0.2) is 168 Å². The van der Waals surface area contributed by atoms with Crippen molar-refractivity contribution in [1.29, 1.82) is 0 Å². The van der Waals surface area contributed by atoms with Crippen molar-refractivity contribution in [2.24, 2.45) is 9.98 Å². The van der Waals surface area contributed by atoms with Gasteiger partial charge in [-0.3, -0.25) is 9.98 Å². The molecular formula is C78H74N2O4. The van der Waals surface area contributed by atoms with Crippen molar-refractivity contribution in [3.05, 3.63) is 224 Å². The lowest BCUT2D eigenvalue weighted by Gasteiger charge is -2.26. The predicted octanol–water partition coefficient (Wildman–Crippen LogP) is 20.0. The van der Waals surface area contributed by atoms with Gasteiger partial charge in [0, 0.05) is 71.5 Å². The highest BCUT2D eigenvalue weighted by atomic mass is 16.5. The first-order valence-electron chi connectivity index (χ1n) is 30.3. The van der Waals surface area contributed by atoms with Crippen LogP contribution in [0.3, 0.4) is 0 Å². The molecule has 13 rings (SSSR count). The molecular weight excluding hydrogens is 1030 g/mol. The molecule has 0 heterocycles. The molecule has 0 aliphatic heterocycles. The molecule has 84 heavy (non-hydrogen) atoms. The Balaban J connectivity index is 1.01. The summed E-state index contributed by atoms with van der Waals surface area (Å²) in [4.78, 5) is 10.7. The Kier molecular flexibility index (Phi) is 14.1. The third-order valence-electron chi connectivity index (χ3n) is 17.6. The summed E-state index contributed by atoms with van der Waals surface area (Å²) >= 11 is 0. The minimum Gasteiger partial charge on any atom is -0.507 e. The zero-order valence-corrected chi connectivity index (χ0v) is 49.8. The predicted molar refractivity (Wildman–Crippen MR) is 353 cm³/mol. The summed E-state index contributed by atoms with van der Waals surface area (Å²) in [6.07, 6.45) is 9.22. The van der Waals surface area contributed by atoms with Gasteiger partial charge < -0.3 is 19.7 Å². The number of ether oxygens (including phenoxy) is 2. The molecule has 12 aromatic carbocycles. The molecule has 0 atom stereocenters. The summed E-state index contributed by atoms with van der Waals surface area (Å²) < 4.78 is 14.0. The van der Waals surface area contributed by atoms with E-state index in [1.54, 1.807) is 0 Å². The quantitative estimate of drug-likeness (QED) is 0.0725. The fourth-order valence-corrected chi connectivity index (χ4v) is 12.9. The van der Waals surface area contributed by atoms with Crippen LogP contribution in [0.25, 0.3) is 64.6 Å². The Bertz CT molecular complexity index is 4150. The number of hydrogen-bond acceptors (Lipinski definition) is 6. The van der Waals surface area contributed by atoms with Crippen molar-refractivity contribution < 1.29 is 19.7 Å². The van der Waals surface area contributed by atoms with Gasteiger partial charge in [-0.25, -0.2) is 0 Å². The molecule has 0 saturated carbocycles. The Morgan fingerprint density at radius 1 is 0.393 bits per heavy atom. The van der Waals surface area contributed by atoms with E-state index in [9.17, 15) is 10.2 Å². The molecule has 0 spiro atoms. The highest BCUT2D eigenvalue weighted by molar-refractivity contribution is 6.26. The number of aliphatic imine (C=N–C) groups is 2. The summed E-state index contributed by atoms with van der Waals surface area (Å²) in [6.45, 7) is 18.9. The second kappa shape index (κ2) is 21.8. The summed E-state index contributed by atoms with van der Waals surface area (Å²) in [5.41, 5.74) is 12.3. The van der Waals surface area contributed by atoms with Gasteiger partial charge in [0.1, 0.15) is 23.0 Å². The molecule has 2 N–H and O–H groups in total. The molecule has 420 valence electrons. The number of hydrogen-bond donors (Lipinski definition) is 2. The van der Waals surface area contributed by atoms with Crippen LogP contribution in [-0.2, 0) is 36.5 Å². The molecule has 0 radical (unpaired) electrons. The van der Waals surface area contributed by atoms with E-state index >= 15 is 0 Å². The van der Waals surface area contributed by atoms with Crippen LogP contribution in [0.1, 0.15) is 148 Å². The molecule has 0 fully saturated rings. The first kappa shape index (κ1) is 54.5. The first-order chi connectivity index (χ1) is 40.6. The van der Waals surface area contributed by atoms with Gasteiger partial charge >= 0.3 is 0 Å². The lowest BCUT2D eigenvalue weighted by atomic mass is 9.81. The lowest BCUT2D eigenvalue weighted by Crippen LogP contribution is -2.15. The SMILES string of the molecule is CCCCOc1c2cc(C(C)(C)C)cc1Cc1cc(N=Cc3ccc4ccc5cccc6ccc3c4c56)cc(c1O)Cc1cc(C(C)(C)C)cc(c1OCCCC)Cc1cc(N=Cc3ccc4ccc5cccc6ccc3c4c56)cc(c1O)C2. The fraction of sp³-hybridized carbons (Fsp3) is 0.256. The minimum atomic E-state index is -0.242. The Morgan fingerprint density at radius 2 is 0.702 bits per heavy atom. The van der Waals surface area contributed by atoms with E-state index in [1.807, 2.05) is 12.4 Å². The van der Waals surface area contributed by atoms with E-state index in [1.165, 1.54) is 53.9 Å². The average molecular weight is 1100 g/mol. The van der Waals surface area contributed by atoms with Crippen molar-refractivity contribution in [3.8, 4) is 23.0 Å². The highest BCUT2D eigenvalue weighted by Gasteiger charge is 2.27. The number of nitrogens with zero attached hydrogens (tertiary/aromatic N) is 2. The summed E-state index contributed by atoms with van der Waals surface area (Å²) in [7, 11) is 0. The van der Waals surface area contributed by atoms with E-state index in [0.717, 1.165) is 126 Å². The highest BCUT2D eigenvalue weighted by Crippen LogP contribution is 2.45. The zero-order valence-electron chi connectivity index (χ0n) is 49.8. The van der Waals surface area contributed by atoms with Gasteiger partial charge in [-0.1, -0.05) is 202 Å². The van der Waals surface area contributed by atoms with Crippen LogP contribution in [0.5, 0.6) is 23.0 Å². The number of fused-ring (bicyclic) bond motifs is 8. The first-order valence-corrected chi connectivity index (χ1v) is 30.3. The van der Waals surface area contributed by atoms with Crippen LogP contribution >= 0.6 is 0 Å². The molecule has 0 aromatic heterocycles. The minimum absolute atomic E-state index is 0.239. The van der Waals surface area contributed by atoms with Crippen molar-refractivity contribution in [2.45, 2.75) is 118 Å². The Labute approximate surface area is 493 Å².